The first-order chi connectivity index (χ1) is 9.23. The molecule has 1 unspecified atom stereocenters. The molecule has 0 aliphatic carbocycles. The van der Waals surface area contributed by atoms with E-state index in [0.717, 1.165) is 0 Å². The summed E-state index contributed by atoms with van der Waals surface area (Å²) in [7, 11) is 0. The summed E-state index contributed by atoms with van der Waals surface area (Å²) in [6.45, 7) is 7.19. The highest BCUT2D eigenvalue weighted by molar-refractivity contribution is 5.96. The highest BCUT2D eigenvalue weighted by atomic mass is 16.2. The second-order valence-electron chi connectivity index (χ2n) is 5.48. The number of amides is 2. The number of carbonyl (C=O) groups excluding carboxylic acids is 2. The number of aromatic nitrogens is 1. The normalized spacial score (nSPS) is 12.2. The van der Waals surface area contributed by atoms with Gasteiger partial charge < -0.3 is 10.6 Å². The third-order valence-corrected chi connectivity index (χ3v) is 2.36. The largest absolute Gasteiger partial charge is 0.350 e. The second-order valence-corrected chi connectivity index (χ2v) is 5.48. The zero-order valence-corrected chi connectivity index (χ0v) is 12.0. The molecule has 0 saturated heterocycles. The van der Waals surface area contributed by atoms with Gasteiger partial charge in [0.15, 0.2) is 0 Å². The summed E-state index contributed by atoms with van der Waals surface area (Å²) in [6.07, 6.45) is 1.31. The molecule has 1 heterocycles. The van der Waals surface area contributed by atoms with Gasteiger partial charge in [0.25, 0.3) is 5.91 Å². The van der Waals surface area contributed by atoms with Crippen molar-refractivity contribution in [1.29, 1.82) is 5.26 Å². The summed E-state index contributed by atoms with van der Waals surface area (Å²) in [6, 6.07) is 4.20. The summed E-state index contributed by atoms with van der Waals surface area (Å²) in [5, 5.41) is 14.0. The number of hydrogen-bond acceptors (Lipinski definition) is 4. The molecule has 0 spiro atoms. The van der Waals surface area contributed by atoms with Gasteiger partial charge in [0, 0.05) is 11.7 Å². The average Bonchev–Trinajstić information content (AvgIpc) is 2.36. The predicted octanol–water partition coefficient (Wildman–Crippen LogP) is 0.986. The Morgan fingerprint density at radius 3 is 2.45 bits per heavy atom. The number of nitriles is 1. The van der Waals surface area contributed by atoms with E-state index in [-0.39, 0.29) is 17.1 Å². The Morgan fingerprint density at radius 2 is 2.00 bits per heavy atom. The van der Waals surface area contributed by atoms with Gasteiger partial charge in [-0.1, -0.05) is 0 Å². The maximum absolute atomic E-state index is 11.9. The average molecular weight is 274 g/mol. The monoisotopic (exact) mass is 274 g/mol. The lowest BCUT2D eigenvalue weighted by molar-refractivity contribution is -0.124. The quantitative estimate of drug-likeness (QED) is 0.859. The highest BCUT2D eigenvalue weighted by Crippen LogP contribution is 2.01. The third kappa shape index (κ3) is 4.69. The number of nitrogens with one attached hydrogen (secondary N) is 2. The van der Waals surface area contributed by atoms with Crippen molar-refractivity contribution in [3.8, 4) is 6.07 Å². The number of rotatable bonds is 3. The molecule has 0 fully saturated rings. The third-order valence-electron chi connectivity index (χ3n) is 2.36. The van der Waals surface area contributed by atoms with E-state index in [1.54, 1.807) is 6.92 Å². The fraction of sp³-hybridized carbons (Fsp3) is 0.429. The standard InChI is InChI=1S/C14H18N4O2/c1-9(12(19)18-14(2,3)4)17-13(20)11-6-5-10(7-15)8-16-11/h5-6,8-9H,1-4H3,(H,17,20)(H,18,19). The van der Waals surface area contributed by atoms with E-state index in [4.69, 9.17) is 5.26 Å². The van der Waals surface area contributed by atoms with E-state index in [1.165, 1.54) is 18.3 Å². The first-order valence-corrected chi connectivity index (χ1v) is 6.22. The molecule has 0 aliphatic heterocycles. The van der Waals surface area contributed by atoms with Crippen LogP contribution in [0.5, 0.6) is 0 Å². The van der Waals surface area contributed by atoms with E-state index in [0.29, 0.717) is 5.56 Å². The van der Waals surface area contributed by atoms with Crippen LogP contribution in [0.15, 0.2) is 18.3 Å². The van der Waals surface area contributed by atoms with E-state index < -0.39 is 11.9 Å². The number of carbonyl (C=O) groups is 2. The Hall–Kier alpha value is -2.42. The van der Waals surface area contributed by atoms with Gasteiger partial charge in [0.2, 0.25) is 5.91 Å². The van der Waals surface area contributed by atoms with Crippen LogP contribution in [0.3, 0.4) is 0 Å². The molecule has 20 heavy (non-hydrogen) atoms. The summed E-state index contributed by atoms with van der Waals surface area (Å²) in [5.74, 6) is -0.717. The smallest absolute Gasteiger partial charge is 0.270 e. The van der Waals surface area contributed by atoms with Crippen LogP contribution in [0.2, 0.25) is 0 Å². The van der Waals surface area contributed by atoms with Crippen molar-refractivity contribution >= 4 is 11.8 Å². The molecule has 2 N–H and O–H groups in total. The Labute approximate surface area is 118 Å². The minimum absolute atomic E-state index is 0.166. The van der Waals surface area contributed by atoms with Crippen molar-refractivity contribution in [3.63, 3.8) is 0 Å². The topological polar surface area (TPSA) is 94.9 Å². The Balaban J connectivity index is 2.65. The molecule has 0 aromatic carbocycles. The van der Waals surface area contributed by atoms with Crippen molar-refractivity contribution in [2.24, 2.45) is 0 Å². The maximum Gasteiger partial charge on any atom is 0.270 e. The van der Waals surface area contributed by atoms with Crippen LogP contribution < -0.4 is 10.6 Å². The zero-order valence-electron chi connectivity index (χ0n) is 12.0. The van der Waals surface area contributed by atoms with E-state index in [2.05, 4.69) is 15.6 Å². The summed E-state index contributed by atoms with van der Waals surface area (Å²) < 4.78 is 0. The molecule has 6 heteroatoms. The Kier molecular flexibility index (Phi) is 4.81. The van der Waals surface area contributed by atoms with Crippen molar-refractivity contribution in [1.82, 2.24) is 15.6 Å². The lowest BCUT2D eigenvalue weighted by atomic mass is 10.1. The van der Waals surface area contributed by atoms with Gasteiger partial charge >= 0.3 is 0 Å². The summed E-state index contributed by atoms with van der Waals surface area (Å²) in [5.41, 5.74) is 0.183. The lowest BCUT2D eigenvalue weighted by Gasteiger charge is -2.23. The molecule has 106 valence electrons. The van der Waals surface area contributed by atoms with Gasteiger partial charge in [-0.05, 0) is 39.8 Å². The van der Waals surface area contributed by atoms with Crippen LogP contribution in [-0.2, 0) is 4.79 Å². The molecule has 1 aromatic heterocycles. The number of pyridine rings is 1. The van der Waals surface area contributed by atoms with Crippen LogP contribution in [0, 0.1) is 11.3 Å². The van der Waals surface area contributed by atoms with Crippen molar-refractivity contribution in [2.45, 2.75) is 39.3 Å². The lowest BCUT2D eigenvalue weighted by Crippen LogP contribution is -2.50. The molecule has 0 bridgehead atoms. The molecule has 0 radical (unpaired) electrons. The van der Waals surface area contributed by atoms with Crippen LogP contribution in [0.4, 0.5) is 0 Å². The van der Waals surface area contributed by atoms with Crippen molar-refractivity contribution in [2.75, 3.05) is 0 Å². The minimum atomic E-state index is -0.667. The highest BCUT2D eigenvalue weighted by Gasteiger charge is 2.21. The SMILES string of the molecule is CC(NC(=O)c1ccc(C#N)cn1)C(=O)NC(C)(C)C. The Bertz CT molecular complexity index is 538. The van der Waals surface area contributed by atoms with Gasteiger partial charge in [-0.2, -0.15) is 5.26 Å². The molecule has 1 rings (SSSR count). The second kappa shape index (κ2) is 6.15. The van der Waals surface area contributed by atoms with Crippen LogP contribution in [0.25, 0.3) is 0 Å². The minimum Gasteiger partial charge on any atom is -0.350 e. The van der Waals surface area contributed by atoms with Gasteiger partial charge in [0.05, 0.1) is 5.56 Å². The molecule has 1 atom stereocenters. The van der Waals surface area contributed by atoms with Gasteiger partial charge in [-0.25, -0.2) is 4.98 Å². The molecule has 0 saturated carbocycles. The fourth-order valence-corrected chi connectivity index (χ4v) is 1.41. The molecular weight excluding hydrogens is 256 g/mol. The van der Waals surface area contributed by atoms with Crippen LogP contribution in [0.1, 0.15) is 43.7 Å². The van der Waals surface area contributed by atoms with E-state index in [1.807, 2.05) is 26.8 Å². The number of hydrogen-bond donors (Lipinski definition) is 2. The first-order valence-electron chi connectivity index (χ1n) is 6.22. The van der Waals surface area contributed by atoms with Crippen LogP contribution >= 0.6 is 0 Å². The maximum atomic E-state index is 11.9. The molecule has 0 aliphatic rings. The van der Waals surface area contributed by atoms with Crippen LogP contribution in [-0.4, -0.2) is 28.4 Å². The predicted molar refractivity (Wildman–Crippen MR) is 73.8 cm³/mol. The molecule has 1 aromatic rings. The molecular formula is C14H18N4O2. The summed E-state index contributed by atoms with van der Waals surface area (Å²) in [4.78, 5) is 27.6. The summed E-state index contributed by atoms with van der Waals surface area (Å²) >= 11 is 0. The van der Waals surface area contributed by atoms with Gasteiger partial charge in [-0.15, -0.1) is 0 Å². The number of nitrogens with zero attached hydrogens (tertiary/aromatic N) is 2. The molecule has 6 nitrogen and oxygen atoms in total. The fourth-order valence-electron chi connectivity index (χ4n) is 1.41. The Morgan fingerprint density at radius 1 is 1.35 bits per heavy atom. The molecule has 2 amide bonds. The van der Waals surface area contributed by atoms with Gasteiger partial charge in [0.1, 0.15) is 17.8 Å². The van der Waals surface area contributed by atoms with Crippen molar-refractivity contribution < 1.29 is 9.59 Å². The first kappa shape index (κ1) is 15.6. The van der Waals surface area contributed by atoms with Gasteiger partial charge in [-0.3, -0.25) is 9.59 Å². The zero-order chi connectivity index (χ0) is 15.3. The van der Waals surface area contributed by atoms with Crippen molar-refractivity contribution in [3.05, 3.63) is 29.6 Å². The van der Waals surface area contributed by atoms with E-state index >= 15 is 0 Å². The van der Waals surface area contributed by atoms with E-state index in [9.17, 15) is 9.59 Å².